The average Bonchev–Trinajstić information content (AvgIpc) is 2.38. The summed E-state index contributed by atoms with van der Waals surface area (Å²) in [7, 11) is 0. The van der Waals surface area contributed by atoms with E-state index in [0.717, 1.165) is 12.5 Å². The Labute approximate surface area is 125 Å². The molecule has 1 heterocycles. The quantitative estimate of drug-likeness (QED) is 0.720. The largest absolute Gasteiger partial charge is 0.309 e. The minimum atomic E-state index is 0.303. The molecular weight excluding hydrogens is 252 g/mol. The van der Waals surface area contributed by atoms with Gasteiger partial charge in [-0.3, -0.25) is 4.90 Å². The summed E-state index contributed by atoms with van der Waals surface area (Å²) in [6, 6.07) is 1.40. The van der Waals surface area contributed by atoms with Crippen molar-refractivity contribution < 1.29 is 0 Å². The Balaban J connectivity index is 2.65. The van der Waals surface area contributed by atoms with Crippen LogP contribution in [0, 0.1) is 5.92 Å². The third-order valence-electron chi connectivity index (χ3n) is 4.70. The molecule has 0 aromatic rings. The molecule has 1 aliphatic rings. The van der Waals surface area contributed by atoms with Gasteiger partial charge in [0.15, 0.2) is 0 Å². The van der Waals surface area contributed by atoms with E-state index in [4.69, 9.17) is 0 Å². The monoisotopic (exact) mass is 286 g/mol. The predicted octanol–water partition coefficient (Wildman–Crippen LogP) is 3.62. The third kappa shape index (κ3) is 4.95. The highest BCUT2D eigenvalue weighted by Gasteiger charge is 2.37. The minimum Gasteiger partial charge on any atom is -0.309 e. The first-order valence-corrected chi connectivity index (χ1v) is 9.17. The van der Waals surface area contributed by atoms with Crippen LogP contribution in [0.4, 0.5) is 0 Å². The summed E-state index contributed by atoms with van der Waals surface area (Å²) in [6.07, 6.45) is 2.53. The first-order valence-electron chi connectivity index (χ1n) is 8.02. The van der Waals surface area contributed by atoms with Gasteiger partial charge in [-0.25, -0.2) is 0 Å². The molecule has 0 spiro atoms. The number of piperazine rings is 1. The molecule has 19 heavy (non-hydrogen) atoms. The Bertz CT molecular complexity index is 257. The summed E-state index contributed by atoms with van der Waals surface area (Å²) in [4.78, 5) is 2.78. The standard InChI is InChI=1S/C16H34N2S/c1-7-16(6)12-18(14(5)9-10-19-8-2)15(11-17-16)13(3)4/h13-15,17H,7-12H2,1-6H3. The van der Waals surface area contributed by atoms with Gasteiger partial charge < -0.3 is 5.32 Å². The number of hydrogen-bond donors (Lipinski definition) is 1. The van der Waals surface area contributed by atoms with Crippen LogP contribution in [0.25, 0.3) is 0 Å². The molecule has 0 aromatic heterocycles. The summed E-state index contributed by atoms with van der Waals surface area (Å²) in [6.45, 7) is 16.4. The van der Waals surface area contributed by atoms with Gasteiger partial charge in [-0.15, -0.1) is 0 Å². The van der Waals surface area contributed by atoms with Gasteiger partial charge in [-0.05, 0) is 44.1 Å². The number of rotatable bonds is 7. The minimum absolute atomic E-state index is 0.303. The fourth-order valence-electron chi connectivity index (χ4n) is 2.95. The smallest absolute Gasteiger partial charge is 0.0278 e. The second-order valence-corrected chi connectivity index (χ2v) is 8.01. The molecule has 0 amide bonds. The summed E-state index contributed by atoms with van der Waals surface area (Å²) >= 11 is 2.07. The highest BCUT2D eigenvalue weighted by atomic mass is 32.2. The van der Waals surface area contributed by atoms with Crippen LogP contribution in [0.15, 0.2) is 0 Å². The number of hydrogen-bond acceptors (Lipinski definition) is 3. The van der Waals surface area contributed by atoms with Crippen molar-refractivity contribution >= 4 is 11.8 Å². The van der Waals surface area contributed by atoms with Gasteiger partial charge in [-0.1, -0.05) is 27.7 Å². The highest BCUT2D eigenvalue weighted by Crippen LogP contribution is 2.26. The van der Waals surface area contributed by atoms with Crippen LogP contribution in [-0.2, 0) is 0 Å². The van der Waals surface area contributed by atoms with Gasteiger partial charge in [-0.2, -0.15) is 11.8 Å². The van der Waals surface area contributed by atoms with E-state index in [1.807, 2.05) is 0 Å². The SMILES string of the molecule is CCSCCC(C)N1CC(C)(CC)NCC1C(C)C. The Morgan fingerprint density at radius 1 is 1.32 bits per heavy atom. The van der Waals surface area contributed by atoms with Crippen molar-refractivity contribution in [2.45, 2.75) is 72.0 Å². The maximum atomic E-state index is 3.78. The molecule has 1 rings (SSSR count). The fourth-order valence-corrected chi connectivity index (χ4v) is 3.74. The van der Waals surface area contributed by atoms with Gasteiger partial charge >= 0.3 is 0 Å². The molecule has 0 radical (unpaired) electrons. The second-order valence-electron chi connectivity index (χ2n) is 6.61. The van der Waals surface area contributed by atoms with E-state index in [1.54, 1.807) is 0 Å². The van der Waals surface area contributed by atoms with Crippen LogP contribution in [0.5, 0.6) is 0 Å². The highest BCUT2D eigenvalue weighted by molar-refractivity contribution is 7.99. The van der Waals surface area contributed by atoms with Crippen LogP contribution in [-0.4, -0.2) is 47.1 Å². The van der Waals surface area contributed by atoms with E-state index in [2.05, 4.69) is 63.5 Å². The molecule has 3 heteroatoms. The maximum absolute atomic E-state index is 3.78. The summed E-state index contributed by atoms with van der Waals surface area (Å²) in [5, 5.41) is 3.78. The molecule has 0 bridgehead atoms. The fraction of sp³-hybridized carbons (Fsp3) is 1.00. The lowest BCUT2D eigenvalue weighted by Gasteiger charge is -2.50. The van der Waals surface area contributed by atoms with Crippen molar-refractivity contribution in [1.82, 2.24) is 10.2 Å². The normalized spacial score (nSPS) is 30.8. The summed E-state index contributed by atoms with van der Waals surface area (Å²) in [5.74, 6) is 3.28. The lowest BCUT2D eigenvalue weighted by Crippen LogP contribution is -2.65. The molecule has 3 unspecified atom stereocenters. The number of nitrogens with one attached hydrogen (secondary N) is 1. The van der Waals surface area contributed by atoms with E-state index in [-0.39, 0.29) is 0 Å². The number of nitrogens with zero attached hydrogens (tertiary/aromatic N) is 1. The van der Waals surface area contributed by atoms with Crippen LogP contribution in [0.3, 0.4) is 0 Å². The van der Waals surface area contributed by atoms with E-state index >= 15 is 0 Å². The molecule has 1 aliphatic heterocycles. The zero-order valence-electron chi connectivity index (χ0n) is 13.8. The zero-order chi connectivity index (χ0) is 14.5. The van der Waals surface area contributed by atoms with E-state index in [1.165, 1.54) is 30.9 Å². The van der Waals surface area contributed by atoms with Gasteiger partial charge in [0.2, 0.25) is 0 Å². The molecule has 0 aromatic carbocycles. The lowest BCUT2D eigenvalue weighted by atomic mass is 9.88. The van der Waals surface area contributed by atoms with Crippen LogP contribution < -0.4 is 5.32 Å². The zero-order valence-corrected chi connectivity index (χ0v) is 14.6. The van der Waals surface area contributed by atoms with Crippen LogP contribution in [0.2, 0.25) is 0 Å². The molecule has 1 N–H and O–H groups in total. The molecule has 114 valence electrons. The summed E-state index contributed by atoms with van der Waals surface area (Å²) in [5.41, 5.74) is 0.303. The first kappa shape index (κ1) is 17.3. The molecular formula is C16H34N2S. The van der Waals surface area contributed by atoms with Crippen molar-refractivity contribution in [2.75, 3.05) is 24.6 Å². The molecule has 1 fully saturated rings. The Kier molecular flexibility index (Phi) is 7.20. The molecule has 0 aliphatic carbocycles. The van der Waals surface area contributed by atoms with Gasteiger partial charge in [0.05, 0.1) is 0 Å². The molecule has 0 saturated carbocycles. The first-order chi connectivity index (χ1) is 8.93. The van der Waals surface area contributed by atoms with Gasteiger partial charge in [0.1, 0.15) is 0 Å². The van der Waals surface area contributed by atoms with E-state index in [9.17, 15) is 0 Å². The average molecular weight is 287 g/mol. The molecule has 1 saturated heterocycles. The Hall–Kier alpha value is 0.270. The topological polar surface area (TPSA) is 15.3 Å². The van der Waals surface area contributed by atoms with Crippen molar-refractivity contribution in [1.29, 1.82) is 0 Å². The molecule has 2 nitrogen and oxygen atoms in total. The summed E-state index contributed by atoms with van der Waals surface area (Å²) < 4.78 is 0. The van der Waals surface area contributed by atoms with Gasteiger partial charge in [0, 0.05) is 30.7 Å². The van der Waals surface area contributed by atoms with Crippen molar-refractivity contribution in [3.05, 3.63) is 0 Å². The second kappa shape index (κ2) is 7.90. The van der Waals surface area contributed by atoms with Crippen LogP contribution >= 0.6 is 11.8 Å². The van der Waals surface area contributed by atoms with Crippen molar-refractivity contribution in [2.24, 2.45) is 5.92 Å². The third-order valence-corrected chi connectivity index (χ3v) is 5.63. The number of thioether (sulfide) groups is 1. The Morgan fingerprint density at radius 3 is 2.53 bits per heavy atom. The Morgan fingerprint density at radius 2 is 2.00 bits per heavy atom. The van der Waals surface area contributed by atoms with Crippen molar-refractivity contribution in [3.8, 4) is 0 Å². The van der Waals surface area contributed by atoms with E-state index in [0.29, 0.717) is 17.6 Å². The van der Waals surface area contributed by atoms with Gasteiger partial charge in [0.25, 0.3) is 0 Å². The maximum Gasteiger partial charge on any atom is 0.0278 e. The molecule has 3 atom stereocenters. The van der Waals surface area contributed by atoms with Crippen LogP contribution in [0.1, 0.15) is 54.4 Å². The predicted molar refractivity (Wildman–Crippen MR) is 89.1 cm³/mol. The lowest BCUT2D eigenvalue weighted by molar-refractivity contribution is 0.0293. The van der Waals surface area contributed by atoms with Crippen molar-refractivity contribution in [3.63, 3.8) is 0 Å². The van der Waals surface area contributed by atoms with E-state index < -0.39 is 0 Å².